The lowest BCUT2D eigenvalue weighted by atomic mass is 9.85. The highest BCUT2D eigenvalue weighted by molar-refractivity contribution is 6.31. The maximum Gasteiger partial charge on any atom is 0.129 e. The number of hydrogen-bond acceptors (Lipinski definition) is 1. The molecule has 0 saturated heterocycles. The van der Waals surface area contributed by atoms with Crippen molar-refractivity contribution in [3.63, 3.8) is 0 Å². The van der Waals surface area contributed by atoms with E-state index >= 15 is 0 Å². The van der Waals surface area contributed by atoms with Crippen molar-refractivity contribution >= 4 is 11.6 Å². The van der Waals surface area contributed by atoms with Gasteiger partial charge in [-0.2, -0.15) is 0 Å². The van der Waals surface area contributed by atoms with Crippen LogP contribution in [0.2, 0.25) is 5.02 Å². The molecule has 1 rings (SSSR count). The Morgan fingerprint density at radius 1 is 1.36 bits per heavy atom. The molecule has 0 aromatic heterocycles. The van der Waals surface area contributed by atoms with E-state index in [1.54, 1.807) is 12.1 Å². The highest BCUT2D eigenvalue weighted by Crippen LogP contribution is 2.33. The number of rotatable bonds is 3. The minimum atomic E-state index is -0.650. The van der Waals surface area contributed by atoms with Crippen LogP contribution < -0.4 is 5.73 Å². The summed E-state index contributed by atoms with van der Waals surface area (Å²) in [4.78, 5) is 0. The van der Waals surface area contributed by atoms with Crippen LogP contribution >= 0.6 is 11.6 Å². The Bertz CT molecular complexity index is 301. The second-order valence-corrected chi connectivity index (χ2v) is 3.87. The van der Waals surface area contributed by atoms with Crippen LogP contribution in [0.25, 0.3) is 0 Å². The van der Waals surface area contributed by atoms with E-state index in [1.165, 1.54) is 6.07 Å². The number of hydrogen-bond donors (Lipinski definition) is 1. The standard InChI is InChI=1S/C11H15ClFN/c1-3-11(14,4-2)10-8(12)6-5-7-9(10)13/h5-7H,3-4,14H2,1-2H3. The molecule has 0 aliphatic rings. The van der Waals surface area contributed by atoms with Crippen molar-refractivity contribution < 1.29 is 4.39 Å². The Kier molecular flexibility index (Phi) is 3.51. The van der Waals surface area contributed by atoms with Gasteiger partial charge >= 0.3 is 0 Å². The summed E-state index contributed by atoms with van der Waals surface area (Å²) in [5, 5.41) is 0.413. The first kappa shape index (κ1) is 11.5. The van der Waals surface area contributed by atoms with E-state index in [0.717, 1.165) is 0 Å². The summed E-state index contributed by atoms with van der Waals surface area (Å²) in [6.07, 6.45) is 1.34. The number of benzene rings is 1. The summed E-state index contributed by atoms with van der Waals surface area (Å²) in [6, 6.07) is 4.66. The molecule has 0 aliphatic heterocycles. The highest BCUT2D eigenvalue weighted by Gasteiger charge is 2.28. The molecule has 1 aromatic rings. The topological polar surface area (TPSA) is 26.0 Å². The minimum absolute atomic E-state index is 0.316. The van der Waals surface area contributed by atoms with Gasteiger partial charge in [0.15, 0.2) is 0 Å². The lowest BCUT2D eigenvalue weighted by Gasteiger charge is -2.28. The molecular formula is C11H15ClFN. The fourth-order valence-corrected chi connectivity index (χ4v) is 1.93. The molecule has 2 N–H and O–H groups in total. The van der Waals surface area contributed by atoms with Crippen LogP contribution in [0.4, 0.5) is 4.39 Å². The normalized spacial score (nSPS) is 11.8. The summed E-state index contributed by atoms with van der Waals surface area (Å²) in [7, 11) is 0. The molecule has 3 heteroatoms. The average molecular weight is 216 g/mol. The SMILES string of the molecule is CCC(N)(CC)c1c(F)cccc1Cl. The predicted octanol–water partition coefficient (Wildman–Crippen LogP) is 3.45. The molecule has 0 heterocycles. The molecule has 1 aromatic carbocycles. The molecule has 0 unspecified atom stereocenters. The van der Waals surface area contributed by atoms with Gasteiger partial charge in [-0.1, -0.05) is 31.5 Å². The Hall–Kier alpha value is -0.600. The molecule has 0 saturated carbocycles. The van der Waals surface area contributed by atoms with Crippen molar-refractivity contribution in [2.75, 3.05) is 0 Å². The van der Waals surface area contributed by atoms with Crippen molar-refractivity contribution in [3.05, 3.63) is 34.6 Å². The lowest BCUT2D eigenvalue weighted by Crippen LogP contribution is -2.36. The van der Waals surface area contributed by atoms with Gasteiger partial charge in [0.2, 0.25) is 0 Å². The van der Waals surface area contributed by atoms with Gasteiger partial charge in [-0.05, 0) is 25.0 Å². The molecule has 0 aliphatic carbocycles. The third kappa shape index (κ3) is 1.91. The summed E-state index contributed by atoms with van der Waals surface area (Å²) in [5.41, 5.74) is 5.88. The fourth-order valence-electron chi connectivity index (χ4n) is 1.58. The van der Waals surface area contributed by atoms with Gasteiger partial charge in [0.05, 0.1) is 0 Å². The number of nitrogens with two attached hydrogens (primary N) is 1. The molecule has 0 spiro atoms. The van der Waals surface area contributed by atoms with Gasteiger partial charge in [0.25, 0.3) is 0 Å². The Labute approximate surface area is 89.1 Å². The summed E-state index contributed by atoms with van der Waals surface area (Å²) in [5.74, 6) is -0.316. The first-order valence-electron chi connectivity index (χ1n) is 4.78. The monoisotopic (exact) mass is 215 g/mol. The van der Waals surface area contributed by atoms with Crippen molar-refractivity contribution in [1.82, 2.24) is 0 Å². The van der Waals surface area contributed by atoms with Gasteiger partial charge < -0.3 is 5.73 Å². The minimum Gasteiger partial charge on any atom is -0.321 e. The highest BCUT2D eigenvalue weighted by atomic mass is 35.5. The largest absolute Gasteiger partial charge is 0.321 e. The van der Waals surface area contributed by atoms with Crippen LogP contribution in [0.15, 0.2) is 18.2 Å². The first-order valence-corrected chi connectivity index (χ1v) is 5.16. The van der Waals surface area contributed by atoms with Gasteiger partial charge in [0.1, 0.15) is 5.82 Å². The van der Waals surface area contributed by atoms with E-state index in [2.05, 4.69) is 0 Å². The van der Waals surface area contributed by atoms with E-state index < -0.39 is 5.54 Å². The van der Waals surface area contributed by atoms with Crippen molar-refractivity contribution in [2.45, 2.75) is 32.2 Å². The van der Waals surface area contributed by atoms with E-state index in [1.807, 2.05) is 13.8 Å². The second-order valence-electron chi connectivity index (χ2n) is 3.46. The second kappa shape index (κ2) is 4.28. The zero-order valence-electron chi connectivity index (χ0n) is 8.48. The maximum atomic E-state index is 13.6. The third-order valence-corrected chi connectivity index (χ3v) is 3.04. The van der Waals surface area contributed by atoms with Crippen molar-refractivity contribution in [2.24, 2.45) is 5.73 Å². The Balaban J connectivity index is 3.29. The van der Waals surface area contributed by atoms with E-state index in [9.17, 15) is 4.39 Å². The molecule has 0 bridgehead atoms. The predicted molar refractivity (Wildman–Crippen MR) is 57.9 cm³/mol. The first-order chi connectivity index (χ1) is 6.55. The van der Waals surface area contributed by atoms with Crippen LogP contribution in [-0.4, -0.2) is 0 Å². The summed E-state index contributed by atoms with van der Waals surface area (Å²) < 4.78 is 13.6. The van der Waals surface area contributed by atoms with Gasteiger partial charge in [0, 0.05) is 16.1 Å². The average Bonchev–Trinajstić information content (AvgIpc) is 2.17. The van der Waals surface area contributed by atoms with Gasteiger partial charge in [-0.15, -0.1) is 0 Å². The van der Waals surface area contributed by atoms with Crippen LogP contribution in [-0.2, 0) is 5.54 Å². The smallest absolute Gasteiger partial charge is 0.129 e. The quantitative estimate of drug-likeness (QED) is 0.821. The molecule has 0 amide bonds. The third-order valence-electron chi connectivity index (χ3n) is 2.72. The van der Waals surface area contributed by atoms with Crippen LogP contribution in [0, 0.1) is 5.82 Å². The molecule has 78 valence electrons. The van der Waals surface area contributed by atoms with Crippen molar-refractivity contribution in [3.8, 4) is 0 Å². The van der Waals surface area contributed by atoms with E-state index in [4.69, 9.17) is 17.3 Å². The van der Waals surface area contributed by atoms with Crippen molar-refractivity contribution in [1.29, 1.82) is 0 Å². The number of halogens is 2. The van der Waals surface area contributed by atoms with Crippen LogP contribution in [0.5, 0.6) is 0 Å². The van der Waals surface area contributed by atoms with Crippen LogP contribution in [0.1, 0.15) is 32.3 Å². The van der Waals surface area contributed by atoms with Crippen LogP contribution in [0.3, 0.4) is 0 Å². The summed E-state index contributed by atoms with van der Waals surface area (Å²) in [6.45, 7) is 3.87. The zero-order chi connectivity index (χ0) is 10.8. The lowest BCUT2D eigenvalue weighted by molar-refractivity contribution is 0.392. The molecule has 0 radical (unpaired) electrons. The molecule has 14 heavy (non-hydrogen) atoms. The maximum absolute atomic E-state index is 13.6. The van der Waals surface area contributed by atoms with E-state index in [0.29, 0.717) is 23.4 Å². The Morgan fingerprint density at radius 2 is 1.93 bits per heavy atom. The fraction of sp³-hybridized carbons (Fsp3) is 0.455. The Morgan fingerprint density at radius 3 is 2.36 bits per heavy atom. The summed E-state index contributed by atoms with van der Waals surface area (Å²) >= 11 is 5.95. The van der Waals surface area contributed by atoms with Gasteiger partial charge in [-0.25, -0.2) is 4.39 Å². The van der Waals surface area contributed by atoms with Gasteiger partial charge in [-0.3, -0.25) is 0 Å². The molecular weight excluding hydrogens is 201 g/mol. The molecule has 1 nitrogen and oxygen atoms in total. The molecule has 0 fully saturated rings. The molecule has 0 atom stereocenters. The zero-order valence-corrected chi connectivity index (χ0v) is 9.24. The van der Waals surface area contributed by atoms with E-state index in [-0.39, 0.29) is 5.82 Å².